The van der Waals surface area contributed by atoms with Crippen molar-refractivity contribution >= 4 is 5.91 Å². The second-order valence-corrected chi connectivity index (χ2v) is 1.81. The molecule has 0 rings (SSSR count). The smallest absolute Gasteiger partial charge is 0.244 e. The first-order valence-electron chi connectivity index (χ1n) is 2.79. The predicted molar refractivity (Wildman–Crippen MR) is 36.9 cm³/mol. The third-order valence-corrected chi connectivity index (χ3v) is 1.00. The first-order valence-corrected chi connectivity index (χ1v) is 2.79. The zero-order chi connectivity index (χ0) is 7.28. The number of carbonyl (C=O) groups excluding carboxylic acids is 1. The summed E-state index contributed by atoms with van der Waals surface area (Å²) in [5, 5.41) is 2.87. The van der Waals surface area contributed by atoms with Gasteiger partial charge in [0.15, 0.2) is 0 Å². The van der Waals surface area contributed by atoms with Gasteiger partial charge in [0.2, 0.25) is 5.91 Å². The summed E-state index contributed by atoms with van der Waals surface area (Å²) in [7, 11) is 1.81. The molecule has 0 bridgehead atoms. The summed E-state index contributed by atoms with van der Waals surface area (Å²) in [6, 6.07) is 0. The molecule has 0 heterocycles. The van der Waals surface area contributed by atoms with Gasteiger partial charge in [-0.25, -0.2) is 0 Å². The minimum atomic E-state index is -0.356. The molecule has 0 aromatic carbocycles. The van der Waals surface area contributed by atoms with Gasteiger partial charge in [0, 0.05) is 12.1 Å². The van der Waals surface area contributed by atoms with Gasteiger partial charge in [-0.2, -0.15) is 0 Å². The summed E-state index contributed by atoms with van der Waals surface area (Å²) in [6.07, 6.45) is 1.75. The number of rotatable bonds is 3. The van der Waals surface area contributed by atoms with Crippen LogP contribution in [0.2, 0.25) is 0 Å². The zero-order valence-electron chi connectivity index (χ0n) is 5.77. The fourth-order valence-corrected chi connectivity index (χ4v) is 0.356. The normalized spacial score (nSPS) is 11.6. The molecule has 0 saturated heterocycles. The highest BCUT2D eigenvalue weighted by atomic mass is 16.1. The average molecular weight is 128 g/mol. The van der Waals surface area contributed by atoms with Crippen LogP contribution in [0.4, 0.5) is 0 Å². The van der Waals surface area contributed by atoms with Crippen molar-refractivity contribution < 1.29 is 4.79 Å². The molecule has 0 radical (unpaired) electrons. The molecule has 0 saturated carbocycles. The number of carbonyl (C=O) groups is 1. The highest BCUT2D eigenvalue weighted by Gasteiger charge is 1.92. The molecule has 0 unspecified atom stereocenters. The van der Waals surface area contributed by atoms with Crippen LogP contribution in [0.3, 0.4) is 0 Å². The van der Waals surface area contributed by atoms with Gasteiger partial charge < -0.3 is 11.1 Å². The van der Waals surface area contributed by atoms with E-state index in [1.807, 2.05) is 7.05 Å². The van der Waals surface area contributed by atoms with Crippen LogP contribution in [-0.4, -0.2) is 19.5 Å². The maximum Gasteiger partial charge on any atom is 0.244 e. The van der Waals surface area contributed by atoms with E-state index in [-0.39, 0.29) is 5.91 Å². The standard InChI is InChI=1S/C6H12N2O/c1-5(6(7)9)3-4-8-2/h3,8H,4H2,1-2H3,(H2,7,9). The van der Waals surface area contributed by atoms with Crippen molar-refractivity contribution in [3.05, 3.63) is 11.6 Å². The lowest BCUT2D eigenvalue weighted by molar-refractivity contribution is -0.114. The Kier molecular flexibility index (Phi) is 3.71. The minimum absolute atomic E-state index is 0.356. The SMILES string of the molecule is CNCC=C(C)C(N)=O. The Balaban J connectivity index is 3.69. The summed E-state index contributed by atoms with van der Waals surface area (Å²) < 4.78 is 0. The Morgan fingerprint density at radius 1 is 1.78 bits per heavy atom. The van der Waals surface area contributed by atoms with Crippen molar-refractivity contribution in [3.8, 4) is 0 Å². The van der Waals surface area contributed by atoms with Crippen LogP contribution in [0.15, 0.2) is 11.6 Å². The second-order valence-electron chi connectivity index (χ2n) is 1.81. The number of nitrogens with one attached hydrogen (secondary N) is 1. The Labute approximate surface area is 54.9 Å². The molecule has 1 amide bonds. The number of amides is 1. The lowest BCUT2D eigenvalue weighted by Crippen LogP contribution is -2.14. The van der Waals surface area contributed by atoms with Gasteiger partial charge in [-0.1, -0.05) is 6.08 Å². The van der Waals surface area contributed by atoms with Crippen molar-refractivity contribution in [1.82, 2.24) is 5.32 Å². The Hall–Kier alpha value is -0.830. The van der Waals surface area contributed by atoms with Gasteiger partial charge >= 0.3 is 0 Å². The van der Waals surface area contributed by atoms with Crippen LogP contribution in [0, 0.1) is 0 Å². The number of hydrogen-bond donors (Lipinski definition) is 2. The Morgan fingerprint density at radius 3 is 2.67 bits per heavy atom. The van der Waals surface area contributed by atoms with Gasteiger partial charge in [0.25, 0.3) is 0 Å². The molecule has 9 heavy (non-hydrogen) atoms. The van der Waals surface area contributed by atoms with Crippen LogP contribution < -0.4 is 11.1 Å². The van der Waals surface area contributed by atoms with E-state index in [0.717, 1.165) is 0 Å². The lowest BCUT2D eigenvalue weighted by Gasteiger charge is -1.92. The summed E-state index contributed by atoms with van der Waals surface area (Å²) in [6.45, 7) is 2.38. The van der Waals surface area contributed by atoms with Gasteiger partial charge in [0.1, 0.15) is 0 Å². The van der Waals surface area contributed by atoms with Crippen LogP contribution in [0.25, 0.3) is 0 Å². The van der Waals surface area contributed by atoms with Crippen molar-refractivity contribution in [3.63, 3.8) is 0 Å². The van der Waals surface area contributed by atoms with E-state index < -0.39 is 0 Å². The topological polar surface area (TPSA) is 55.1 Å². The monoisotopic (exact) mass is 128 g/mol. The number of primary amides is 1. The molecule has 0 atom stereocenters. The zero-order valence-corrected chi connectivity index (χ0v) is 5.77. The quantitative estimate of drug-likeness (QED) is 0.510. The van der Waals surface area contributed by atoms with E-state index >= 15 is 0 Å². The molecule has 3 nitrogen and oxygen atoms in total. The third kappa shape index (κ3) is 3.73. The van der Waals surface area contributed by atoms with Gasteiger partial charge in [-0.15, -0.1) is 0 Å². The van der Waals surface area contributed by atoms with E-state index in [1.165, 1.54) is 0 Å². The molecule has 0 aromatic heterocycles. The molecule has 0 aliphatic carbocycles. The summed E-state index contributed by atoms with van der Waals surface area (Å²) in [5.74, 6) is -0.356. The van der Waals surface area contributed by atoms with Crippen LogP contribution >= 0.6 is 0 Å². The minimum Gasteiger partial charge on any atom is -0.366 e. The number of likely N-dealkylation sites (N-methyl/N-ethyl adjacent to an activating group) is 1. The molecular weight excluding hydrogens is 116 g/mol. The van der Waals surface area contributed by atoms with E-state index in [0.29, 0.717) is 12.1 Å². The van der Waals surface area contributed by atoms with Gasteiger partial charge in [-0.05, 0) is 14.0 Å². The second kappa shape index (κ2) is 4.09. The number of nitrogens with two attached hydrogens (primary N) is 1. The predicted octanol–water partition coefficient (Wildman–Crippen LogP) is -0.363. The van der Waals surface area contributed by atoms with E-state index in [9.17, 15) is 4.79 Å². The Bertz CT molecular complexity index is 129. The molecule has 0 fully saturated rings. The lowest BCUT2D eigenvalue weighted by atomic mass is 10.3. The molecule has 3 N–H and O–H groups in total. The van der Waals surface area contributed by atoms with Crippen LogP contribution in [-0.2, 0) is 4.79 Å². The summed E-state index contributed by atoms with van der Waals surface area (Å²) in [5.41, 5.74) is 5.54. The fraction of sp³-hybridized carbons (Fsp3) is 0.500. The van der Waals surface area contributed by atoms with Crippen molar-refractivity contribution in [1.29, 1.82) is 0 Å². The molecule has 0 aliphatic rings. The summed E-state index contributed by atoms with van der Waals surface area (Å²) in [4.78, 5) is 10.3. The molecule has 0 aromatic rings. The maximum absolute atomic E-state index is 10.3. The van der Waals surface area contributed by atoms with E-state index in [2.05, 4.69) is 5.32 Å². The van der Waals surface area contributed by atoms with Crippen LogP contribution in [0.1, 0.15) is 6.92 Å². The van der Waals surface area contributed by atoms with Crippen molar-refractivity contribution in [2.24, 2.45) is 5.73 Å². The van der Waals surface area contributed by atoms with Crippen LogP contribution in [0.5, 0.6) is 0 Å². The first kappa shape index (κ1) is 8.17. The van der Waals surface area contributed by atoms with Crippen molar-refractivity contribution in [2.45, 2.75) is 6.92 Å². The summed E-state index contributed by atoms with van der Waals surface area (Å²) >= 11 is 0. The third-order valence-electron chi connectivity index (χ3n) is 1.00. The average Bonchev–Trinajstić information content (AvgIpc) is 1.82. The maximum atomic E-state index is 10.3. The number of hydrogen-bond acceptors (Lipinski definition) is 2. The molecule has 0 aliphatic heterocycles. The van der Waals surface area contributed by atoms with Crippen molar-refractivity contribution in [2.75, 3.05) is 13.6 Å². The highest BCUT2D eigenvalue weighted by molar-refractivity contribution is 5.91. The molecule has 3 heteroatoms. The molecule has 52 valence electrons. The first-order chi connectivity index (χ1) is 4.18. The largest absolute Gasteiger partial charge is 0.366 e. The Morgan fingerprint density at radius 2 is 2.33 bits per heavy atom. The van der Waals surface area contributed by atoms with Gasteiger partial charge in [0.05, 0.1) is 0 Å². The highest BCUT2D eigenvalue weighted by Crippen LogP contribution is 1.86. The molecule has 0 spiro atoms. The van der Waals surface area contributed by atoms with Gasteiger partial charge in [-0.3, -0.25) is 4.79 Å². The molecular formula is C6H12N2O. The fourth-order valence-electron chi connectivity index (χ4n) is 0.356. The van der Waals surface area contributed by atoms with E-state index in [1.54, 1.807) is 13.0 Å². The van der Waals surface area contributed by atoms with E-state index in [4.69, 9.17) is 5.73 Å².